The number of aldehydes is 1. The largest absolute Gasteiger partial charge is 0.457 e. The first kappa shape index (κ1) is 13.1. The second-order valence-corrected chi connectivity index (χ2v) is 5.50. The quantitative estimate of drug-likeness (QED) is 0.750. The predicted molar refractivity (Wildman–Crippen MR) is 73.0 cm³/mol. The Morgan fingerprint density at radius 3 is 2.89 bits per heavy atom. The molecule has 0 amide bonds. The summed E-state index contributed by atoms with van der Waals surface area (Å²) >= 11 is 1.79. The van der Waals surface area contributed by atoms with E-state index in [1.165, 1.54) is 4.88 Å². The molecule has 0 aromatic carbocycles. The summed E-state index contributed by atoms with van der Waals surface area (Å²) in [6.07, 6.45) is 1.77. The van der Waals surface area contributed by atoms with Crippen LogP contribution in [0.15, 0.2) is 34.1 Å². The van der Waals surface area contributed by atoms with Gasteiger partial charge in [-0.05, 0) is 44.0 Å². The number of carbonyl (C=O) groups is 1. The van der Waals surface area contributed by atoms with E-state index in [4.69, 9.17) is 4.42 Å². The van der Waals surface area contributed by atoms with Gasteiger partial charge < -0.3 is 4.42 Å². The monoisotopic (exact) mass is 263 g/mol. The maximum Gasteiger partial charge on any atom is 0.185 e. The summed E-state index contributed by atoms with van der Waals surface area (Å²) < 4.78 is 5.38. The Kier molecular flexibility index (Phi) is 4.33. The van der Waals surface area contributed by atoms with Crippen LogP contribution < -0.4 is 0 Å². The molecule has 2 heterocycles. The van der Waals surface area contributed by atoms with Gasteiger partial charge in [-0.3, -0.25) is 9.69 Å². The summed E-state index contributed by atoms with van der Waals surface area (Å²) in [5.74, 6) is 1.22. The second kappa shape index (κ2) is 5.98. The molecule has 18 heavy (non-hydrogen) atoms. The van der Waals surface area contributed by atoms with Gasteiger partial charge in [0.25, 0.3) is 0 Å². The van der Waals surface area contributed by atoms with Crippen molar-refractivity contribution in [1.29, 1.82) is 0 Å². The zero-order chi connectivity index (χ0) is 13.0. The van der Waals surface area contributed by atoms with E-state index in [9.17, 15) is 4.79 Å². The molecule has 0 aliphatic carbocycles. The van der Waals surface area contributed by atoms with Gasteiger partial charge in [-0.2, -0.15) is 0 Å². The van der Waals surface area contributed by atoms with Crippen molar-refractivity contribution in [3.05, 3.63) is 46.0 Å². The van der Waals surface area contributed by atoms with Crippen LogP contribution >= 0.6 is 11.3 Å². The maximum atomic E-state index is 10.5. The van der Waals surface area contributed by atoms with E-state index in [-0.39, 0.29) is 0 Å². The minimum absolute atomic E-state index is 0.393. The van der Waals surface area contributed by atoms with Crippen LogP contribution in [-0.2, 0) is 13.0 Å². The second-order valence-electron chi connectivity index (χ2n) is 4.47. The van der Waals surface area contributed by atoms with Gasteiger partial charge in [-0.25, -0.2) is 0 Å². The van der Waals surface area contributed by atoms with Crippen LogP contribution in [0.2, 0.25) is 0 Å². The van der Waals surface area contributed by atoms with E-state index in [1.54, 1.807) is 17.4 Å². The lowest BCUT2D eigenvalue weighted by Crippen LogP contribution is -2.29. The number of hydrogen-bond acceptors (Lipinski definition) is 4. The minimum Gasteiger partial charge on any atom is -0.457 e. The van der Waals surface area contributed by atoms with Gasteiger partial charge in [0.05, 0.1) is 6.54 Å². The number of carbonyl (C=O) groups excluding carboxylic acids is 1. The lowest BCUT2D eigenvalue weighted by Gasteiger charge is -2.23. The zero-order valence-electron chi connectivity index (χ0n) is 10.6. The van der Waals surface area contributed by atoms with E-state index < -0.39 is 0 Å². The molecule has 0 aliphatic heterocycles. The predicted octanol–water partition coefficient (Wildman–Crippen LogP) is 3.22. The van der Waals surface area contributed by atoms with Crippen LogP contribution in [0.1, 0.15) is 28.1 Å². The van der Waals surface area contributed by atoms with Gasteiger partial charge in [0, 0.05) is 10.9 Å². The fraction of sp³-hybridized carbons (Fsp3) is 0.357. The zero-order valence-corrected chi connectivity index (χ0v) is 11.4. The van der Waals surface area contributed by atoms with Crippen molar-refractivity contribution in [2.24, 2.45) is 0 Å². The fourth-order valence-electron chi connectivity index (χ4n) is 1.82. The topological polar surface area (TPSA) is 33.5 Å². The van der Waals surface area contributed by atoms with Crippen LogP contribution in [-0.4, -0.2) is 24.3 Å². The SMILES string of the molecule is CC(Cc1cccs1)N(C)Cc1ccc(C=O)o1. The number of hydrogen-bond donors (Lipinski definition) is 0. The third-order valence-corrected chi connectivity index (χ3v) is 3.93. The van der Waals surface area contributed by atoms with Crippen molar-refractivity contribution in [3.63, 3.8) is 0 Å². The Bertz CT molecular complexity index is 490. The van der Waals surface area contributed by atoms with Crippen LogP contribution in [0.5, 0.6) is 0 Å². The molecule has 2 rings (SSSR count). The van der Waals surface area contributed by atoms with Crippen LogP contribution in [0.4, 0.5) is 0 Å². The molecule has 0 fully saturated rings. The molecule has 3 nitrogen and oxygen atoms in total. The fourth-order valence-corrected chi connectivity index (χ4v) is 2.65. The highest BCUT2D eigenvalue weighted by atomic mass is 32.1. The molecule has 0 aliphatic rings. The summed E-state index contributed by atoms with van der Waals surface area (Å²) in [6, 6.07) is 8.24. The normalized spacial score (nSPS) is 12.8. The van der Waals surface area contributed by atoms with Gasteiger partial charge in [0.15, 0.2) is 12.0 Å². The summed E-state index contributed by atoms with van der Waals surface area (Å²) in [4.78, 5) is 14.2. The number of thiophene rings is 1. The highest BCUT2D eigenvalue weighted by molar-refractivity contribution is 7.09. The molecular weight excluding hydrogens is 246 g/mol. The molecule has 2 aromatic rings. The minimum atomic E-state index is 0.393. The third kappa shape index (κ3) is 3.31. The molecular formula is C14H17NO2S. The summed E-state index contributed by atoms with van der Waals surface area (Å²) in [7, 11) is 2.07. The van der Waals surface area contributed by atoms with Crippen molar-refractivity contribution in [2.75, 3.05) is 7.05 Å². The van der Waals surface area contributed by atoms with E-state index in [0.717, 1.165) is 25.0 Å². The first-order valence-corrected chi connectivity index (χ1v) is 6.83. The van der Waals surface area contributed by atoms with Gasteiger partial charge in [0.2, 0.25) is 0 Å². The Labute approximate surface area is 111 Å². The molecule has 0 saturated heterocycles. The summed E-state index contributed by atoms with van der Waals surface area (Å²) in [6.45, 7) is 2.92. The standard InChI is InChI=1S/C14H17NO2S/c1-11(8-14-4-3-7-18-14)15(2)9-12-5-6-13(10-16)17-12/h3-7,10-11H,8-9H2,1-2H3. The van der Waals surface area contributed by atoms with Gasteiger partial charge >= 0.3 is 0 Å². The Morgan fingerprint density at radius 2 is 2.28 bits per heavy atom. The van der Waals surface area contributed by atoms with E-state index in [1.807, 2.05) is 6.07 Å². The van der Waals surface area contributed by atoms with Crippen molar-refractivity contribution >= 4 is 17.6 Å². The Hall–Kier alpha value is -1.39. The first-order chi connectivity index (χ1) is 8.69. The molecule has 0 N–H and O–H groups in total. The molecule has 0 spiro atoms. The maximum absolute atomic E-state index is 10.5. The van der Waals surface area contributed by atoms with E-state index in [2.05, 4.69) is 36.4 Å². The molecule has 0 saturated carbocycles. The molecule has 4 heteroatoms. The van der Waals surface area contributed by atoms with Crippen molar-refractivity contribution in [3.8, 4) is 0 Å². The highest BCUT2D eigenvalue weighted by Crippen LogP contribution is 2.16. The van der Waals surface area contributed by atoms with Gasteiger partial charge in [-0.15, -0.1) is 11.3 Å². The number of nitrogens with zero attached hydrogens (tertiary/aromatic N) is 1. The lowest BCUT2D eigenvalue weighted by molar-refractivity contribution is 0.109. The number of furan rings is 1. The van der Waals surface area contributed by atoms with Crippen molar-refractivity contribution in [1.82, 2.24) is 4.90 Å². The number of rotatable bonds is 6. The summed E-state index contributed by atoms with van der Waals surface area (Å²) in [5.41, 5.74) is 0. The van der Waals surface area contributed by atoms with Crippen LogP contribution in [0.25, 0.3) is 0 Å². The molecule has 0 radical (unpaired) electrons. The molecule has 96 valence electrons. The van der Waals surface area contributed by atoms with Crippen LogP contribution in [0, 0.1) is 0 Å². The average molecular weight is 263 g/mol. The molecule has 1 unspecified atom stereocenters. The van der Waals surface area contributed by atoms with Crippen LogP contribution in [0.3, 0.4) is 0 Å². The van der Waals surface area contributed by atoms with E-state index in [0.29, 0.717) is 11.8 Å². The van der Waals surface area contributed by atoms with Gasteiger partial charge in [-0.1, -0.05) is 6.07 Å². The molecule has 2 aromatic heterocycles. The average Bonchev–Trinajstić information content (AvgIpc) is 3.00. The van der Waals surface area contributed by atoms with Crippen molar-refractivity contribution in [2.45, 2.75) is 25.9 Å². The van der Waals surface area contributed by atoms with Crippen molar-refractivity contribution < 1.29 is 9.21 Å². The smallest absolute Gasteiger partial charge is 0.185 e. The number of likely N-dealkylation sites (N-methyl/N-ethyl adjacent to an activating group) is 1. The third-order valence-electron chi connectivity index (χ3n) is 3.03. The van der Waals surface area contributed by atoms with E-state index >= 15 is 0 Å². The highest BCUT2D eigenvalue weighted by Gasteiger charge is 2.12. The Balaban J connectivity index is 1.90. The van der Waals surface area contributed by atoms with Gasteiger partial charge in [0.1, 0.15) is 5.76 Å². The lowest BCUT2D eigenvalue weighted by atomic mass is 10.2. The molecule has 0 bridgehead atoms. The first-order valence-electron chi connectivity index (χ1n) is 5.95. The molecule has 1 atom stereocenters. The Morgan fingerprint density at radius 1 is 1.44 bits per heavy atom. The summed E-state index contributed by atoms with van der Waals surface area (Å²) in [5, 5.41) is 2.10.